The van der Waals surface area contributed by atoms with Gasteiger partial charge in [0.1, 0.15) is 5.82 Å². The normalized spacial score (nSPS) is 13.7. The second-order valence-electron chi connectivity index (χ2n) is 8.29. The minimum absolute atomic E-state index is 0.0627. The fraction of sp³-hybridized carbons (Fsp3) is 0.250. The number of benzene rings is 2. The Balaban J connectivity index is 1.43. The van der Waals surface area contributed by atoms with Crippen molar-refractivity contribution in [3.63, 3.8) is 0 Å². The van der Waals surface area contributed by atoms with E-state index in [2.05, 4.69) is 36.0 Å². The highest BCUT2D eigenvalue weighted by Crippen LogP contribution is 2.28. The van der Waals surface area contributed by atoms with Gasteiger partial charge in [-0.1, -0.05) is 24.1 Å². The minimum atomic E-state index is -3.73. The van der Waals surface area contributed by atoms with Crippen LogP contribution in [0.2, 0.25) is 0 Å². The van der Waals surface area contributed by atoms with Crippen molar-refractivity contribution < 1.29 is 16.8 Å². The molecule has 0 radical (unpaired) electrons. The molecule has 0 bridgehead atoms. The van der Waals surface area contributed by atoms with Gasteiger partial charge in [-0.3, -0.25) is 0 Å². The Morgan fingerprint density at radius 3 is 2.44 bits per heavy atom. The molecule has 0 amide bonds. The minimum Gasteiger partial charge on any atom is -0.340 e. The molecule has 36 heavy (non-hydrogen) atoms. The lowest BCUT2D eigenvalue weighted by atomic mass is 10.2. The summed E-state index contributed by atoms with van der Waals surface area (Å²) < 4.78 is 53.6. The van der Waals surface area contributed by atoms with E-state index in [1.54, 1.807) is 18.3 Å². The topological polar surface area (TPSA) is 142 Å². The summed E-state index contributed by atoms with van der Waals surface area (Å²) in [6.07, 6.45) is 8.23. The zero-order chi connectivity index (χ0) is 25.8. The van der Waals surface area contributed by atoms with Gasteiger partial charge in [0.15, 0.2) is 0 Å². The van der Waals surface area contributed by atoms with Crippen LogP contribution >= 0.6 is 0 Å². The van der Waals surface area contributed by atoms with E-state index in [4.69, 9.17) is 6.42 Å². The van der Waals surface area contributed by atoms with Crippen LogP contribution in [0.1, 0.15) is 24.0 Å². The highest BCUT2D eigenvalue weighted by atomic mass is 32.2. The zero-order valence-electron chi connectivity index (χ0n) is 19.5. The van der Waals surface area contributed by atoms with E-state index in [0.29, 0.717) is 11.5 Å². The molecule has 1 heterocycles. The lowest BCUT2D eigenvalue weighted by molar-refractivity contribution is 0.579. The Hall–Kier alpha value is -3.50. The van der Waals surface area contributed by atoms with Gasteiger partial charge >= 0.3 is 0 Å². The van der Waals surface area contributed by atoms with Crippen molar-refractivity contribution in [2.24, 2.45) is 0 Å². The van der Waals surface area contributed by atoms with Gasteiger partial charge in [-0.15, -0.1) is 6.42 Å². The first kappa shape index (κ1) is 25.6. The third kappa shape index (κ3) is 6.58. The Morgan fingerprint density at radius 2 is 1.75 bits per heavy atom. The number of rotatable bonds is 11. The van der Waals surface area contributed by atoms with Crippen molar-refractivity contribution in [3.05, 3.63) is 65.9 Å². The summed E-state index contributed by atoms with van der Waals surface area (Å²) in [6.45, 7) is 2.00. The summed E-state index contributed by atoms with van der Waals surface area (Å²) in [7, 11) is -6.96. The molecular formula is C24H26N6O4S2. The van der Waals surface area contributed by atoms with Gasteiger partial charge in [0.2, 0.25) is 26.0 Å². The summed E-state index contributed by atoms with van der Waals surface area (Å²) in [5.74, 6) is 3.08. The molecule has 0 unspecified atom stereocenters. The molecule has 1 saturated carbocycles. The number of terminal acetylenes is 1. The first-order valence-electron chi connectivity index (χ1n) is 11.1. The lowest BCUT2D eigenvalue weighted by Gasteiger charge is -2.12. The molecule has 0 aliphatic heterocycles. The molecule has 0 atom stereocenters. The van der Waals surface area contributed by atoms with Crippen LogP contribution in [0.4, 0.5) is 23.1 Å². The summed E-state index contributed by atoms with van der Waals surface area (Å²) in [5, 5.41) is 6.00. The third-order valence-electron chi connectivity index (χ3n) is 5.39. The summed E-state index contributed by atoms with van der Waals surface area (Å²) in [4.78, 5) is 8.85. The number of aromatic nitrogens is 2. The van der Waals surface area contributed by atoms with E-state index in [0.717, 1.165) is 29.7 Å². The fourth-order valence-electron chi connectivity index (χ4n) is 3.24. The van der Waals surface area contributed by atoms with Crippen molar-refractivity contribution in [1.29, 1.82) is 0 Å². The molecule has 1 aliphatic carbocycles. The number of nitrogens with one attached hydrogen (secondary N) is 4. The van der Waals surface area contributed by atoms with Crippen molar-refractivity contribution >= 4 is 43.2 Å². The monoisotopic (exact) mass is 526 g/mol. The van der Waals surface area contributed by atoms with Crippen LogP contribution in [0.3, 0.4) is 0 Å². The standard InChI is InChI=1S/C24H26N6O4S2/c1-3-13-26-36(33,34)22-6-4-5-20(14-22)29-24-25-15-17(2)23(30-24)28-19-9-7-18(8-10-19)16-27-35(31,32)21-11-12-21/h1,4-10,14-15,21,26-27H,11-13,16H2,2H3,(H2,25,28,29,30). The number of hydrogen-bond donors (Lipinski definition) is 4. The maximum absolute atomic E-state index is 12.3. The van der Waals surface area contributed by atoms with Gasteiger partial charge in [0.25, 0.3) is 0 Å². The number of hydrogen-bond acceptors (Lipinski definition) is 8. The van der Waals surface area contributed by atoms with Gasteiger partial charge in [-0.05, 0) is 55.7 Å². The van der Waals surface area contributed by atoms with Crippen LogP contribution in [0, 0.1) is 19.3 Å². The van der Waals surface area contributed by atoms with Crippen LogP contribution < -0.4 is 20.1 Å². The number of sulfonamides is 2. The Bertz CT molecular complexity index is 1500. The zero-order valence-corrected chi connectivity index (χ0v) is 21.2. The highest BCUT2D eigenvalue weighted by Gasteiger charge is 2.35. The van der Waals surface area contributed by atoms with Crippen molar-refractivity contribution in [2.75, 3.05) is 17.2 Å². The Labute approximate surface area is 211 Å². The number of nitrogens with zero attached hydrogens (tertiary/aromatic N) is 2. The van der Waals surface area contributed by atoms with E-state index < -0.39 is 20.0 Å². The molecule has 1 fully saturated rings. The quantitative estimate of drug-likeness (QED) is 0.280. The van der Waals surface area contributed by atoms with Gasteiger partial charge < -0.3 is 10.6 Å². The molecule has 1 aliphatic rings. The van der Waals surface area contributed by atoms with Gasteiger partial charge in [0, 0.05) is 29.7 Å². The SMILES string of the molecule is C#CCNS(=O)(=O)c1cccc(Nc2ncc(C)c(Nc3ccc(CNS(=O)(=O)C4CC4)cc3)n2)c1. The summed E-state index contributed by atoms with van der Waals surface area (Å²) >= 11 is 0. The molecule has 188 valence electrons. The molecule has 1 aromatic heterocycles. The molecule has 0 saturated heterocycles. The fourth-order valence-corrected chi connectivity index (χ4v) is 5.58. The molecule has 12 heteroatoms. The van der Waals surface area contributed by atoms with E-state index in [1.807, 2.05) is 31.2 Å². The molecule has 10 nitrogen and oxygen atoms in total. The van der Waals surface area contributed by atoms with Crippen molar-refractivity contribution in [3.8, 4) is 12.3 Å². The van der Waals surface area contributed by atoms with Crippen molar-refractivity contribution in [2.45, 2.75) is 36.5 Å². The summed E-state index contributed by atoms with van der Waals surface area (Å²) in [6, 6.07) is 13.6. The van der Waals surface area contributed by atoms with Crippen LogP contribution in [-0.2, 0) is 26.6 Å². The maximum Gasteiger partial charge on any atom is 0.241 e. The third-order valence-corrected chi connectivity index (χ3v) is 8.69. The second kappa shape index (κ2) is 10.6. The predicted octanol–water partition coefficient (Wildman–Crippen LogP) is 2.77. The van der Waals surface area contributed by atoms with Crippen LogP contribution in [0.5, 0.6) is 0 Å². The van der Waals surface area contributed by atoms with Gasteiger partial charge in [-0.25, -0.2) is 26.5 Å². The first-order valence-corrected chi connectivity index (χ1v) is 14.2. The average molecular weight is 527 g/mol. The van der Waals surface area contributed by atoms with E-state index in [9.17, 15) is 16.8 Å². The van der Waals surface area contributed by atoms with Crippen LogP contribution in [0.25, 0.3) is 0 Å². The van der Waals surface area contributed by atoms with Crippen molar-refractivity contribution in [1.82, 2.24) is 19.4 Å². The smallest absolute Gasteiger partial charge is 0.241 e. The second-order valence-corrected chi connectivity index (χ2v) is 12.1. The molecular weight excluding hydrogens is 500 g/mol. The molecule has 3 aromatic rings. The van der Waals surface area contributed by atoms with Crippen LogP contribution in [0.15, 0.2) is 59.6 Å². The average Bonchev–Trinajstić information content (AvgIpc) is 3.71. The first-order chi connectivity index (χ1) is 17.2. The molecule has 0 spiro atoms. The maximum atomic E-state index is 12.3. The Kier molecular flexibility index (Phi) is 7.56. The number of aryl methyl sites for hydroxylation is 1. The Morgan fingerprint density at radius 1 is 1.00 bits per heavy atom. The molecule has 4 N–H and O–H groups in total. The largest absolute Gasteiger partial charge is 0.340 e. The molecule has 2 aromatic carbocycles. The van der Waals surface area contributed by atoms with Crippen LogP contribution in [-0.4, -0.2) is 38.6 Å². The highest BCUT2D eigenvalue weighted by molar-refractivity contribution is 7.90. The summed E-state index contributed by atoms with van der Waals surface area (Å²) in [5.41, 5.74) is 2.91. The van der Waals surface area contributed by atoms with E-state index in [1.165, 1.54) is 12.1 Å². The number of anilines is 4. The molecule has 4 rings (SSSR count). The van der Waals surface area contributed by atoms with Gasteiger partial charge in [-0.2, -0.15) is 9.71 Å². The van der Waals surface area contributed by atoms with E-state index >= 15 is 0 Å². The van der Waals surface area contributed by atoms with E-state index in [-0.39, 0.29) is 29.2 Å². The lowest BCUT2D eigenvalue weighted by Crippen LogP contribution is -2.26. The van der Waals surface area contributed by atoms with Gasteiger partial charge in [0.05, 0.1) is 16.7 Å². The predicted molar refractivity (Wildman–Crippen MR) is 139 cm³/mol.